The number of rotatable bonds is 10. The first kappa shape index (κ1) is 23.3. The normalized spacial score (nSPS) is 10.5. The molecule has 0 saturated carbocycles. The largest absolute Gasteiger partial charge is 0.490 e. The van der Waals surface area contributed by atoms with Crippen LogP contribution in [0.1, 0.15) is 45.0 Å². The fourth-order valence-electron chi connectivity index (χ4n) is 2.00. The van der Waals surface area contributed by atoms with Crippen LogP contribution in [0.15, 0.2) is 18.2 Å². The number of imide groups is 1. The lowest BCUT2D eigenvalue weighted by atomic mass is 10.2. The first-order valence-electron chi connectivity index (χ1n) is 9.37. The summed E-state index contributed by atoms with van der Waals surface area (Å²) in [6.07, 6.45) is 0. The van der Waals surface area contributed by atoms with Crippen LogP contribution in [0, 0.1) is 11.8 Å². The molecule has 0 radical (unpaired) electrons. The lowest BCUT2D eigenvalue weighted by molar-refractivity contribution is -0.123. The van der Waals surface area contributed by atoms with E-state index >= 15 is 0 Å². The van der Waals surface area contributed by atoms with Gasteiger partial charge in [-0.05, 0) is 37.0 Å². The maximum absolute atomic E-state index is 12.2. The Morgan fingerprint density at radius 3 is 2.32 bits per heavy atom. The number of hydrogen-bond donors (Lipinski definition) is 2. The third-order valence-corrected chi connectivity index (χ3v) is 3.31. The Bertz CT molecular complexity index is 673. The Morgan fingerprint density at radius 1 is 1.00 bits per heavy atom. The highest BCUT2D eigenvalue weighted by molar-refractivity contribution is 5.97. The van der Waals surface area contributed by atoms with Gasteiger partial charge < -0.3 is 19.5 Å². The predicted molar refractivity (Wildman–Crippen MR) is 105 cm³/mol. The highest BCUT2D eigenvalue weighted by Crippen LogP contribution is 2.29. The van der Waals surface area contributed by atoms with Gasteiger partial charge in [-0.3, -0.25) is 10.1 Å². The topological polar surface area (TPSA) is 103 Å². The van der Waals surface area contributed by atoms with E-state index in [1.54, 1.807) is 6.07 Å². The molecule has 0 aromatic heterocycles. The molecule has 2 N–H and O–H groups in total. The zero-order valence-corrected chi connectivity index (χ0v) is 17.2. The van der Waals surface area contributed by atoms with E-state index in [1.807, 2.05) is 34.6 Å². The summed E-state index contributed by atoms with van der Waals surface area (Å²) in [4.78, 5) is 35.4. The minimum Gasteiger partial charge on any atom is -0.490 e. The first-order chi connectivity index (χ1) is 13.2. The molecule has 8 heteroatoms. The third-order valence-electron chi connectivity index (χ3n) is 3.31. The quantitative estimate of drug-likeness (QED) is 0.592. The second kappa shape index (κ2) is 11.8. The summed E-state index contributed by atoms with van der Waals surface area (Å²) in [6, 6.07) is 4.05. The molecule has 0 fully saturated rings. The number of amides is 3. The van der Waals surface area contributed by atoms with Crippen LogP contribution < -0.4 is 20.1 Å². The average Bonchev–Trinajstić information content (AvgIpc) is 2.63. The van der Waals surface area contributed by atoms with E-state index in [0.29, 0.717) is 37.2 Å². The monoisotopic (exact) mass is 394 g/mol. The molecule has 1 aromatic carbocycles. The fourth-order valence-corrected chi connectivity index (χ4v) is 2.00. The van der Waals surface area contributed by atoms with Crippen LogP contribution in [0.4, 0.5) is 4.79 Å². The van der Waals surface area contributed by atoms with Gasteiger partial charge in [-0.2, -0.15) is 0 Å². The summed E-state index contributed by atoms with van der Waals surface area (Å²) in [6.45, 7) is 10.5. The van der Waals surface area contributed by atoms with Crippen molar-refractivity contribution in [3.63, 3.8) is 0 Å². The van der Waals surface area contributed by atoms with Crippen molar-refractivity contribution in [2.45, 2.75) is 34.6 Å². The Labute approximate surface area is 165 Å². The van der Waals surface area contributed by atoms with Gasteiger partial charge in [0.1, 0.15) is 0 Å². The molecule has 0 aliphatic heterocycles. The predicted octanol–water partition coefficient (Wildman–Crippen LogP) is 2.76. The molecular formula is C20H30N2O6. The third kappa shape index (κ3) is 8.75. The van der Waals surface area contributed by atoms with Crippen molar-refractivity contribution >= 4 is 17.9 Å². The number of benzene rings is 1. The van der Waals surface area contributed by atoms with Crippen LogP contribution in [0.3, 0.4) is 0 Å². The molecule has 0 heterocycles. The van der Waals surface area contributed by atoms with Crippen molar-refractivity contribution in [2.24, 2.45) is 11.8 Å². The minimum atomic E-state index is -0.712. The van der Waals surface area contributed by atoms with Gasteiger partial charge in [-0.25, -0.2) is 9.59 Å². The van der Waals surface area contributed by atoms with Crippen molar-refractivity contribution in [1.29, 1.82) is 0 Å². The molecule has 0 saturated heterocycles. The number of hydrogen-bond acceptors (Lipinski definition) is 6. The van der Waals surface area contributed by atoms with Crippen molar-refractivity contribution in [1.82, 2.24) is 10.6 Å². The van der Waals surface area contributed by atoms with Crippen LogP contribution >= 0.6 is 0 Å². The van der Waals surface area contributed by atoms with E-state index in [4.69, 9.17) is 14.2 Å². The van der Waals surface area contributed by atoms with Crippen LogP contribution in [-0.2, 0) is 9.53 Å². The number of carbonyl (C=O) groups is 3. The summed E-state index contributed by atoms with van der Waals surface area (Å²) >= 11 is 0. The number of esters is 1. The zero-order valence-electron chi connectivity index (χ0n) is 17.2. The van der Waals surface area contributed by atoms with Gasteiger partial charge in [-0.15, -0.1) is 0 Å². The van der Waals surface area contributed by atoms with E-state index in [2.05, 4.69) is 10.6 Å². The molecule has 1 aromatic rings. The molecule has 0 atom stereocenters. The van der Waals surface area contributed by atoms with Crippen molar-refractivity contribution in [2.75, 3.05) is 26.4 Å². The molecule has 3 amide bonds. The van der Waals surface area contributed by atoms with E-state index in [1.165, 1.54) is 12.1 Å². The lowest BCUT2D eigenvalue weighted by Gasteiger charge is -2.14. The molecule has 1 rings (SSSR count). The van der Waals surface area contributed by atoms with Gasteiger partial charge >= 0.3 is 12.0 Å². The molecule has 8 nitrogen and oxygen atoms in total. The highest BCUT2D eigenvalue weighted by Gasteiger charge is 2.15. The summed E-state index contributed by atoms with van der Waals surface area (Å²) in [5, 5.41) is 4.64. The Kier molecular flexibility index (Phi) is 9.84. The van der Waals surface area contributed by atoms with Gasteiger partial charge in [0.05, 0.1) is 18.8 Å². The number of nitrogens with one attached hydrogen (secondary N) is 2. The minimum absolute atomic E-state index is 0.220. The molecule has 28 heavy (non-hydrogen) atoms. The molecule has 0 spiro atoms. The van der Waals surface area contributed by atoms with E-state index in [9.17, 15) is 14.4 Å². The van der Waals surface area contributed by atoms with Crippen molar-refractivity contribution < 1.29 is 28.6 Å². The van der Waals surface area contributed by atoms with Crippen LogP contribution in [-0.4, -0.2) is 44.3 Å². The molecule has 0 unspecified atom stereocenters. The van der Waals surface area contributed by atoms with Gasteiger partial charge in [-0.1, -0.05) is 27.7 Å². The van der Waals surface area contributed by atoms with Crippen LogP contribution in [0.2, 0.25) is 0 Å². The summed E-state index contributed by atoms with van der Waals surface area (Å²) < 4.78 is 16.2. The Hall–Kier alpha value is -2.77. The van der Waals surface area contributed by atoms with Gasteiger partial charge in [0.25, 0.3) is 5.91 Å². The van der Waals surface area contributed by atoms with Crippen molar-refractivity contribution in [3.8, 4) is 11.5 Å². The van der Waals surface area contributed by atoms with E-state index < -0.39 is 24.5 Å². The Balaban J connectivity index is 2.62. The standard InChI is InChI=1S/C20H30N2O6/c1-6-26-17-9-15(7-8-16(17)27-11-14(4)5)19(24)28-12-18(23)22-20(25)21-10-13(2)3/h7-9,13-14H,6,10-12H2,1-5H3,(H2,21,22,23,25). The number of carbonyl (C=O) groups excluding carboxylic acids is 3. The van der Waals surface area contributed by atoms with Gasteiger partial charge in [0, 0.05) is 6.54 Å². The van der Waals surface area contributed by atoms with E-state index in [-0.39, 0.29) is 11.5 Å². The van der Waals surface area contributed by atoms with Gasteiger partial charge in [0.2, 0.25) is 0 Å². The van der Waals surface area contributed by atoms with Crippen LogP contribution in [0.5, 0.6) is 11.5 Å². The number of urea groups is 1. The summed E-state index contributed by atoms with van der Waals surface area (Å²) in [5.74, 6) is 0.147. The second-order valence-corrected chi connectivity index (χ2v) is 7.03. The highest BCUT2D eigenvalue weighted by atomic mass is 16.5. The molecule has 0 aliphatic carbocycles. The number of ether oxygens (including phenoxy) is 3. The molecular weight excluding hydrogens is 364 g/mol. The van der Waals surface area contributed by atoms with Crippen molar-refractivity contribution in [3.05, 3.63) is 23.8 Å². The van der Waals surface area contributed by atoms with E-state index in [0.717, 1.165) is 0 Å². The maximum atomic E-state index is 12.2. The fraction of sp³-hybridized carbons (Fsp3) is 0.550. The molecule has 0 bridgehead atoms. The van der Waals surface area contributed by atoms with Gasteiger partial charge in [0.15, 0.2) is 18.1 Å². The molecule has 156 valence electrons. The summed E-state index contributed by atoms with van der Waals surface area (Å²) in [7, 11) is 0. The smallest absolute Gasteiger partial charge is 0.338 e. The second-order valence-electron chi connectivity index (χ2n) is 7.03. The van der Waals surface area contributed by atoms with Crippen LogP contribution in [0.25, 0.3) is 0 Å². The molecule has 0 aliphatic rings. The zero-order chi connectivity index (χ0) is 21.1. The SMILES string of the molecule is CCOc1cc(C(=O)OCC(=O)NC(=O)NCC(C)C)ccc1OCC(C)C. The lowest BCUT2D eigenvalue weighted by Crippen LogP contribution is -2.42. The Morgan fingerprint density at radius 2 is 1.71 bits per heavy atom. The summed E-state index contributed by atoms with van der Waals surface area (Å²) in [5.41, 5.74) is 0.220. The first-order valence-corrected chi connectivity index (χ1v) is 9.37. The maximum Gasteiger partial charge on any atom is 0.338 e. The average molecular weight is 394 g/mol.